The summed E-state index contributed by atoms with van der Waals surface area (Å²) in [6, 6.07) is 1.69. The third-order valence-electron chi connectivity index (χ3n) is 3.45. The lowest BCUT2D eigenvalue weighted by molar-refractivity contribution is -0.383. The fourth-order valence-corrected chi connectivity index (χ4v) is 3.71. The molecule has 1 aliphatic rings. The Morgan fingerprint density at radius 2 is 2.30 bits per heavy atom. The van der Waals surface area contributed by atoms with Crippen LogP contribution in [0.25, 0.3) is 0 Å². The maximum atomic E-state index is 11.5. The quantitative estimate of drug-likeness (QED) is 0.474. The van der Waals surface area contributed by atoms with Crippen LogP contribution in [0.4, 0.5) is 10.7 Å². The molecule has 0 N–H and O–H groups in total. The second-order valence-corrected chi connectivity index (χ2v) is 6.40. The summed E-state index contributed by atoms with van der Waals surface area (Å²) in [5, 5.41) is 11.8. The first-order valence-electron chi connectivity index (χ1n) is 6.60. The van der Waals surface area contributed by atoms with Gasteiger partial charge in [-0.15, -0.1) is 11.3 Å². The zero-order valence-electron chi connectivity index (χ0n) is 12.0. The molecule has 0 radical (unpaired) electrons. The highest BCUT2D eigenvalue weighted by atomic mass is 32.1. The van der Waals surface area contributed by atoms with Crippen molar-refractivity contribution in [1.82, 2.24) is 4.90 Å². The van der Waals surface area contributed by atoms with E-state index in [9.17, 15) is 14.9 Å². The first-order valence-corrected chi connectivity index (χ1v) is 7.42. The lowest BCUT2D eigenvalue weighted by Gasteiger charge is -2.27. The SMILES string of the molecule is CC(=O)c1cc([N+](=O)[O-])c(N2CCCC2CN(C)C)s1. The summed E-state index contributed by atoms with van der Waals surface area (Å²) in [6.07, 6.45) is 2.06. The first-order chi connectivity index (χ1) is 9.40. The van der Waals surface area contributed by atoms with Gasteiger partial charge in [-0.2, -0.15) is 0 Å². The molecule has 1 saturated heterocycles. The summed E-state index contributed by atoms with van der Waals surface area (Å²) in [5.41, 5.74) is 0.0610. The number of thiophene rings is 1. The zero-order valence-corrected chi connectivity index (χ0v) is 12.8. The lowest BCUT2D eigenvalue weighted by Crippen LogP contribution is -2.37. The van der Waals surface area contributed by atoms with E-state index in [1.54, 1.807) is 0 Å². The maximum Gasteiger partial charge on any atom is 0.304 e. The number of hydrogen-bond donors (Lipinski definition) is 0. The van der Waals surface area contributed by atoms with Crippen LogP contribution in [-0.2, 0) is 0 Å². The van der Waals surface area contributed by atoms with Crippen LogP contribution in [0.15, 0.2) is 6.07 Å². The number of likely N-dealkylation sites (N-methyl/N-ethyl adjacent to an activating group) is 1. The van der Waals surface area contributed by atoms with Crippen molar-refractivity contribution in [2.45, 2.75) is 25.8 Å². The predicted octanol–water partition coefficient (Wildman–Crippen LogP) is 2.39. The maximum absolute atomic E-state index is 11.5. The molecule has 6 nitrogen and oxygen atoms in total. The van der Waals surface area contributed by atoms with Crippen molar-refractivity contribution in [3.8, 4) is 0 Å². The van der Waals surface area contributed by atoms with Crippen LogP contribution < -0.4 is 4.90 Å². The summed E-state index contributed by atoms with van der Waals surface area (Å²) in [5.74, 6) is -0.118. The normalized spacial score (nSPS) is 18.8. The molecule has 0 aromatic carbocycles. The fourth-order valence-electron chi connectivity index (χ4n) is 2.60. The largest absolute Gasteiger partial charge is 0.354 e. The summed E-state index contributed by atoms with van der Waals surface area (Å²) < 4.78 is 0. The Morgan fingerprint density at radius 3 is 2.85 bits per heavy atom. The number of nitro groups is 1. The summed E-state index contributed by atoms with van der Waals surface area (Å²) in [6.45, 7) is 3.13. The summed E-state index contributed by atoms with van der Waals surface area (Å²) >= 11 is 1.24. The average Bonchev–Trinajstić information content (AvgIpc) is 2.93. The Hall–Kier alpha value is -1.47. The molecule has 0 aliphatic carbocycles. The van der Waals surface area contributed by atoms with Crippen LogP contribution >= 0.6 is 11.3 Å². The molecule has 110 valence electrons. The van der Waals surface area contributed by atoms with Gasteiger partial charge in [0.15, 0.2) is 10.8 Å². The Kier molecular flexibility index (Phi) is 4.39. The molecule has 2 rings (SSSR count). The molecule has 0 saturated carbocycles. The van der Waals surface area contributed by atoms with E-state index in [0.717, 1.165) is 25.9 Å². The Labute approximate surface area is 122 Å². The van der Waals surface area contributed by atoms with Gasteiger partial charge in [0, 0.05) is 25.2 Å². The van der Waals surface area contributed by atoms with E-state index in [1.807, 2.05) is 14.1 Å². The van der Waals surface area contributed by atoms with Gasteiger partial charge >= 0.3 is 5.69 Å². The molecule has 1 unspecified atom stereocenters. The number of carbonyl (C=O) groups excluding carboxylic acids is 1. The van der Waals surface area contributed by atoms with E-state index < -0.39 is 0 Å². The van der Waals surface area contributed by atoms with Crippen molar-refractivity contribution in [3.63, 3.8) is 0 Å². The van der Waals surface area contributed by atoms with Crippen LogP contribution in [0.1, 0.15) is 29.4 Å². The third kappa shape index (κ3) is 2.99. The Balaban J connectivity index is 2.35. The number of ketones is 1. The van der Waals surface area contributed by atoms with Gasteiger partial charge in [-0.05, 0) is 33.9 Å². The van der Waals surface area contributed by atoms with Gasteiger partial charge in [-0.3, -0.25) is 14.9 Å². The topological polar surface area (TPSA) is 66.7 Å². The molecule has 0 bridgehead atoms. The summed E-state index contributed by atoms with van der Waals surface area (Å²) in [4.78, 5) is 26.9. The standard InChI is InChI=1S/C13H19N3O3S/c1-9(17)12-7-11(16(18)19)13(20-12)15-6-4-5-10(15)8-14(2)3/h7,10H,4-6,8H2,1-3H3. The van der Waals surface area contributed by atoms with Gasteiger partial charge in [0.25, 0.3) is 0 Å². The van der Waals surface area contributed by atoms with Crippen molar-refractivity contribution < 1.29 is 9.72 Å². The number of Topliss-reactive ketones (excluding diaryl/α,β-unsaturated/α-hetero) is 1. The second kappa shape index (κ2) is 5.88. The van der Waals surface area contributed by atoms with E-state index in [1.165, 1.54) is 24.3 Å². The van der Waals surface area contributed by atoms with Gasteiger partial charge in [-0.1, -0.05) is 0 Å². The highest BCUT2D eigenvalue weighted by Gasteiger charge is 2.32. The average molecular weight is 297 g/mol. The predicted molar refractivity (Wildman–Crippen MR) is 79.9 cm³/mol. The van der Waals surface area contributed by atoms with Gasteiger partial charge in [-0.25, -0.2) is 0 Å². The molecule has 2 heterocycles. The van der Waals surface area contributed by atoms with Crippen LogP contribution in [0, 0.1) is 10.1 Å². The van der Waals surface area contributed by atoms with E-state index in [2.05, 4.69) is 9.80 Å². The molecular weight excluding hydrogens is 278 g/mol. The highest BCUT2D eigenvalue weighted by Crippen LogP contribution is 2.41. The first kappa shape index (κ1) is 14.9. The molecule has 0 spiro atoms. The molecule has 1 aromatic heterocycles. The van der Waals surface area contributed by atoms with Crippen molar-refractivity contribution in [2.24, 2.45) is 0 Å². The molecule has 1 fully saturated rings. The number of nitrogens with zero attached hydrogens (tertiary/aromatic N) is 3. The van der Waals surface area contributed by atoms with Gasteiger partial charge in [0.1, 0.15) is 0 Å². The van der Waals surface area contributed by atoms with Crippen LogP contribution in [-0.4, -0.2) is 48.8 Å². The zero-order chi connectivity index (χ0) is 14.9. The van der Waals surface area contributed by atoms with Gasteiger partial charge in [0.05, 0.1) is 9.80 Å². The molecule has 1 aromatic rings. The van der Waals surface area contributed by atoms with E-state index in [-0.39, 0.29) is 22.4 Å². The number of rotatable bonds is 5. The molecule has 0 amide bonds. The Bertz CT molecular complexity index is 527. The fraction of sp³-hybridized carbons (Fsp3) is 0.615. The van der Waals surface area contributed by atoms with E-state index in [0.29, 0.717) is 9.88 Å². The van der Waals surface area contributed by atoms with Crippen LogP contribution in [0.5, 0.6) is 0 Å². The van der Waals surface area contributed by atoms with Crippen LogP contribution in [0.2, 0.25) is 0 Å². The van der Waals surface area contributed by atoms with Crippen molar-refractivity contribution in [2.75, 3.05) is 32.1 Å². The minimum absolute atomic E-state index is 0.0610. The second-order valence-electron chi connectivity index (χ2n) is 5.37. The smallest absolute Gasteiger partial charge is 0.304 e. The number of carbonyl (C=O) groups is 1. The van der Waals surface area contributed by atoms with Crippen molar-refractivity contribution in [1.29, 1.82) is 0 Å². The molecule has 1 aliphatic heterocycles. The third-order valence-corrected chi connectivity index (χ3v) is 4.71. The summed E-state index contributed by atoms with van der Waals surface area (Å²) in [7, 11) is 4.00. The minimum Gasteiger partial charge on any atom is -0.354 e. The lowest BCUT2D eigenvalue weighted by atomic mass is 10.2. The monoisotopic (exact) mass is 297 g/mol. The molecule has 1 atom stereocenters. The van der Waals surface area contributed by atoms with Gasteiger partial charge < -0.3 is 9.80 Å². The number of hydrogen-bond acceptors (Lipinski definition) is 6. The van der Waals surface area contributed by atoms with E-state index in [4.69, 9.17) is 0 Å². The van der Waals surface area contributed by atoms with E-state index >= 15 is 0 Å². The van der Waals surface area contributed by atoms with Crippen molar-refractivity contribution in [3.05, 3.63) is 21.1 Å². The highest BCUT2D eigenvalue weighted by molar-refractivity contribution is 7.18. The minimum atomic E-state index is -0.386. The van der Waals surface area contributed by atoms with Crippen molar-refractivity contribution >= 4 is 27.8 Å². The molecular formula is C13H19N3O3S. The number of anilines is 1. The Morgan fingerprint density at radius 1 is 1.60 bits per heavy atom. The van der Waals surface area contributed by atoms with Gasteiger partial charge in [0.2, 0.25) is 0 Å². The van der Waals surface area contributed by atoms with Crippen LogP contribution in [0.3, 0.4) is 0 Å². The molecule has 20 heavy (non-hydrogen) atoms. The molecule has 7 heteroatoms.